The van der Waals surface area contributed by atoms with Crippen LogP contribution in [0, 0.1) is 6.92 Å². The van der Waals surface area contributed by atoms with Gasteiger partial charge in [-0.2, -0.15) is 0 Å². The molecule has 3 aromatic rings. The molecule has 4 rings (SSSR count). The van der Waals surface area contributed by atoms with Gasteiger partial charge in [0.25, 0.3) is 11.7 Å². The van der Waals surface area contributed by atoms with Gasteiger partial charge in [-0.3, -0.25) is 14.5 Å². The minimum absolute atomic E-state index is 0.0364. The predicted octanol–water partition coefficient (Wildman–Crippen LogP) is 6.72. The fourth-order valence-corrected chi connectivity index (χ4v) is 4.25. The number of carbonyl (C=O) groups is 2. The molecular formula is C27H23Cl2NO4. The molecule has 0 saturated carbocycles. The van der Waals surface area contributed by atoms with Crippen molar-refractivity contribution in [3.8, 4) is 5.75 Å². The van der Waals surface area contributed by atoms with Crippen LogP contribution in [0.3, 0.4) is 0 Å². The van der Waals surface area contributed by atoms with Gasteiger partial charge < -0.3 is 9.84 Å². The first-order valence-corrected chi connectivity index (χ1v) is 11.5. The Morgan fingerprint density at radius 2 is 1.68 bits per heavy atom. The number of anilines is 1. The molecule has 1 unspecified atom stereocenters. The molecule has 0 radical (unpaired) electrons. The van der Waals surface area contributed by atoms with Crippen LogP contribution in [-0.4, -0.2) is 22.9 Å². The SMILES string of the molecule is Cc1ccc(N2C(=O)C(=O)/C(=C(\O)c3cccc(OC(C)C)c3)C2c2ccc(Cl)c(Cl)c2)cc1. The Bertz CT molecular complexity index is 1300. The van der Waals surface area contributed by atoms with Crippen LogP contribution in [0.25, 0.3) is 5.76 Å². The number of hydrogen-bond donors (Lipinski definition) is 1. The lowest BCUT2D eigenvalue weighted by Crippen LogP contribution is -2.29. The normalized spacial score (nSPS) is 17.5. The topological polar surface area (TPSA) is 66.8 Å². The molecule has 1 N–H and O–H groups in total. The summed E-state index contributed by atoms with van der Waals surface area (Å²) in [6, 6.07) is 18.0. The maximum atomic E-state index is 13.3. The molecule has 1 amide bonds. The van der Waals surface area contributed by atoms with Crippen molar-refractivity contribution in [3.63, 3.8) is 0 Å². The van der Waals surface area contributed by atoms with Gasteiger partial charge in [-0.1, -0.05) is 59.1 Å². The number of aryl methyl sites for hydroxylation is 1. The van der Waals surface area contributed by atoms with Gasteiger partial charge in [-0.15, -0.1) is 0 Å². The highest BCUT2D eigenvalue weighted by molar-refractivity contribution is 6.51. The van der Waals surface area contributed by atoms with Crippen LogP contribution in [0.15, 0.2) is 72.3 Å². The predicted molar refractivity (Wildman–Crippen MR) is 135 cm³/mol. The smallest absolute Gasteiger partial charge is 0.300 e. The molecule has 5 nitrogen and oxygen atoms in total. The van der Waals surface area contributed by atoms with Gasteiger partial charge in [-0.05, 0) is 62.7 Å². The zero-order valence-electron chi connectivity index (χ0n) is 18.9. The Morgan fingerprint density at radius 1 is 0.971 bits per heavy atom. The Balaban J connectivity index is 1.92. The third-order valence-electron chi connectivity index (χ3n) is 5.50. The summed E-state index contributed by atoms with van der Waals surface area (Å²) in [4.78, 5) is 27.9. The zero-order chi connectivity index (χ0) is 24.6. The van der Waals surface area contributed by atoms with E-state index in [1.54, 1.807) is 54.6 Å². The number of hydrogen-bond acceptors (Lipinski definition) is 4. The number of ether oxygens (including phenoxy) is 1. The van der Waals surface area contributed by atoms with E-state index < -0.39 is 17.7 Å². The third-order valence-corrected chi connectivity index (χ3v) is 6.23. The Labute approximate surface area is 208 Å². The van der Waals surface area contributed by atoms with Crippen molar-refractivity contribution in [1.82, 2.24) is 0 Å². The van der Waals surface area contributed by atoms with E-state index in [0.717, 1.165) is 5.56 Å². The lowest BCUT2D eigenvalue weighted by molar-refractivity contribution is -0.132. The molecule has 3 aromatic carbocycles. The van der Waals surface area contributed by atoms with E-state index in [9.17, 15) is 14.7 Å². The largest absolute Gasteiger partial charge is 0.507 e. The number of Topliss-reactive ketones (excluding diaryl/α,β-unsaturated/α-hetero) is 1. The van der Waals surface area contributed by atoms with Gasteiger partial charge in [0.05, 0.1) is 27.8 Å². The summed E-state index contributed by atoms with van der Waals surface area (Å²) >= 11 is 12.4. The second-order valence-corrected chi connectivity index (χ2v) is 9.19. The molecule has 34 heavy (non-hydrogen) atoms. The summed E-state index contributed by atoms with van der Waals surface area (Å²) in [5.74, 6) is -1.28. The molecule has 0 bridgehead atoms. The van der Waals surface area contributed by atoms with Crippen LogP contribution < -0.4 is 9.64 Å². The first-order chi connectivity index (χ1) is 16.2. The molecule has 7 heteroatoms. The van der Waals surface area contributed by atoms with Crippen molar-refractivity contribution in [2.24, 2.45) is 0 Å². The minimum atomic E-state index is -0.896. The van der Waals surface area contributed by atoms with Crippen molar-refractivity contribution in [1.29, 1.82) is 0 Å². The van der Waals surface area contributed by atoms with Crippen LogP contribution in [-0.2, 0) is 9.59 Å². The van der Waals surface area contributed by atoms with E-state index in [1.165, 1.54) is 4.90 Å². The van der Waals surface area contributed by atoms with E-state index in [-0.39, 0.29) is 22.5 Å². The highest BCUT2D eigenvalue weighted by Gasteiger charge is 2.47. The molecule has 1 atom stereocenters. The molecule has 1 fully saturated rings. The Hall–Kier alpha value is -3.28. The van der Waals surface area contributed by atoms with Crippen LogP contribution in [0.1, 0.15) is 36.6 Å². The molecule has 1 saturated heterocycles. The average Bonchev–Trinajstić information content (AvgIpc) is 3.06. The first-order valence-electron chi connectivity index (χ1n) is 10.8. The molecule has 0 spiro atoms. The Morgan fingerprint density at radius 3 is 2.32 bits per heavy atom. The lowest BCUT2D eigenvalue weighted by Gasteiger charge is -2.26. The van der Waals surface area contributed by atoms with Crippen molar-refractivity contribution < 1.29 is 19.4 Å². The molecule has 1 aliphatic rings. The van der Waals surface area contributed by atoms with Crippen LogP contribution >= 0.6 is 23.2 Å². The first kappa shape index (κ1) is 23.9. The van der Waals surface area contributed by atoms with Crippen molar-refractivity contribution >= 4 is 46.3 Å². The number of carbonyl (C=O) groups excluding carboxylic acids is 2. The van der Waals surface area contributed by atoms with E-state index in [1.807, 2.05) is 32.9 Å². The summed E-state index contributed by atoms with van der Waals surface area (Å²) in [6.45, 7) is 5.72. The fourth-order valence-electron chi connectivity index (χ4n) is 3.95. The Kier molecular flexibility index (Phi) is 6.69. The maximum Gasteiger partial charge on any atom is 0.300 e. The number of aliphatic hydroxyl groups is 1. The van der Waals surface area contributed by atoms with E-state index in [2.05, 4.69) is 0 Å². The summed E-state index contributed by atoms with van der Waals surface area (Å²) in [5.41, 5.74) is 2.41. The number of ketones is 1. The third kappa shape index (κ3) is 4.54. The zero-order valence-corrected chi connectivity index (χ0v) is 20.4. The van der Waals surface area contributed by atoms with Gasteiger partial charge in [-0.25, -0.2) is 0 Å². The summed E-state index contributed by atoms with van der Waals surface area (Å²) in [7, 11) is 0. The summed E-state index contributed by atoms with van der Waals surface area (Å²) in [6.07, 6.45) is -0.0688. The highest BCUT2D eigenvalue weighted by Crippen LogP contribution is 2.43. The molecule has 1 heterocycles. The van der Waals surface area contributed by atoms with Crippen LogP contribution in [0.4, 0.5) is 5.69 Å². The van der Waals surface area contributed by atoms with Gasteiger partial charge in [0.15, 0.2) is 0 Å². The maximum absolute atomic E-state index is 13.3. The second-order valence-electron chi connectivity index (χ2n) is 8.37. The van der Waals surface area contributed by atoms with Crippen LogP contribution in [0.5, 0.6) is 5.75 Å². The lowest BCUT2D eigenvalue weighted by atomic mass is 9.95. The highest BCUT2D eigenvalue weighted by atomic mass is 35.5. The van der Waals surface area contributed by atoms with Gasteiger partial charge >= 0.3 is 0 Å². The average molecular weight is 496 g/mol. The number of rotatable bonds is 5. The molecule has 174 valence electrons. The standard InChI is InChI=1S/C27H23Cl2NO4/c1-15(2)34-20-6-4-5-18(13-20)25(31)23-24(17-9-12-21(28)22(29)14-17)30(27(33)26(23)32)19-10-7-16(3)8-11-19/h4-15,24,31H,1-3H3/b25-23-. The van der Waals surface area contributed by atoms with Crippen molar-refractivity contribution in [2.75, 3.05) is 4.90 Å². The minimum Gasteiger partial charge on any atom is -0.507 e. The number of benzene rings is 3. The van der Waals surface area contributed by atoms with Gasteiger partial charge in [0.2, 0.25) is 0 Å². The number of aliphatic hydroxyl groups excluding tert-OH is 1. The second kappa shape index (κ2) is 9.53. The van der Waals surface area contributed by atoms with E-state index in [4.69, 9.17) is 27.9 Å². The van der Waals surface area contributed by atoms with E-state index in [0.29, 0.717) is 27.6 Å². The number of halogens is 2. The van der Waals surface area contributed by atoms with E-state index >= 15 is 0 Å². The molecule has 0 aromatic heterocycles. The molecule has 0 aliphatic carbocycles. The monoisotopic (exact) mass is 495 g/mol. The van der Waals surface area contributed by atoms with Crippen molar-refractivity contribution in [3.05, 3.63) is 99.0 Å². The number of amides is 1. The van der Waals surface area contributed by atoms with Crippen molar-refractivity contribution in [2.45, 2.75) is 32.9 Å². The summed E-state index contributed by atoms with van der Waals surface area (Å²) in [5, 5.41) is 11.9. The summed E-state index contributed by atoms with van der Waals surface area (Å²) < 4.78 is 5.73. The number of nitrogens with zero attached hydrogens (tertiary/aromatic N) is 1. The molecule has 1 aliphatic heterocycles. The quantitative estimate of drug-likeness (QED) is 0.242. The fraction of sp³-hybridized carbons (Fsp3) is 0.185. The molecular weight excluding hydrogens is 473 g/mol. The van der Waals surface area contributed by atoms with Gasteiger partial charge in [0.1, 0.15) is 11.5 Å². The van der Waals surface area contributed by atoms with Gasteiger partial charge in [0, 0.05) is 11.3 Å². The van der Waals surface area contributed by atoms with Crippen LogP contribution in [0.2, 0.25) is 10.0 Å².